The predicted octanol–water partition coefficient (Wildman–Crippen LogP) is 1.88. The van der Waals surface area contributed by atoms with Crippen LogP contribution in [0, 0.1) is 0 Å². The second-order valence-electron chi connectivity index (χ2n) is 4.44. The molecular formula is C14H22N2O2S2. The molecule has 1 unspecified atom stereocenters. The fourth-order valence-corrected chi connectivity index (χ4v) is 3.14. The Bertz CT molecular complexity index is 455. The molecule has 0 radical (unpaired) electrons. The van der Waals surface area contributed by atoms with Crippen LogP contribution in [0.15, 0.2) is 23.1 Å². The quantitative estimate of drug-likeness (QED) is 0.564. The minimum atomic E-state index is -0.549. The molecule has 0 saturated heterocycles. The summed E-state index contributed by atoms with van der Waals surface area (Å²) in [6, 6.07) is 5.97. The Morgan fingerprint density at radius 1 is 1.55 bits per heavy atom. The average molecular weight is 314 g/mol. The number of benzene rings is 1. The highest BCUT2D eigenvalue weighted by Crippen LogP contribution is 2.30. The van der Waals surface area contributed by atoms with Crippen LogP contribution in [-0.2, 0) is 4.74 Å². The zero-order chi connectivity index (χ0) is 15.1. The molecule has 112 valence electrons. The first kappa shape index (κ1) is 17.2. The molecule has 0 bridgehead atoms. The number of thiocarbonyl (C=S) groups is 1. The molecule has 6 heteroatoms. The summed E-state index contributed by atoms with van der Waals surface area (Å²) in [6.07, 6.45) is -0.549. The predicted molar refractivity (Wildman–Crippen MR) is 89.9 cm³/mol. The van der Waals surface area contributed by atoms with E-state index in [1.807, 2.05) is 30.1 Å². The molecule has 1 aromatic carbocycles. The van der Waals surface area contributed by atoms with Crippen molar-refractivity contribution in [2.75, 3.05) is 38.0 Å². The van der Waals surface area contributed by atoms with E-state index in [1.165, 1.54) is 0 Å². The molecule has 20 heavy (non-hydrogen) atoms. The van der Waals surface area contributed by atoms with Crippen LogP contribution >= 0.6 is 24.0 Å². The number of likely N-dealkylation sites (N-methyl/N-ethyl adjacent to an activating group) is 1. The molecule has 0 heterocycles. The van der Waals surface area contributed by atoms with Gasteiger partial charge in [-0.15, -0.1) is 11.8 Å². The molecule has 0 aromatic heterocycles. The zero-order valence-corrected chi connectivity index (χ0v) is 13.8. The van der Waals surface area contributed by atoms with Crippen LogP contribution in [0.5, 0.6) is 0 Å². The van der Waals surface area contributed by atoms with E-state index < -0.39 is 6.10 Å². The summed E-state index contributed by atoms with van der Waals surface area (Å²) in [4.78, 5) is 3.41. The van der Waals surface area contributed by atoms with Crippen molar-refractivity contribution in [3.63, 3.8) is 0 Å². The maximum atomic E-state index is 9.85. The summed E-state index contributed by atoms with van der Waals surface area (Å²) in [7, 11) is 3.48. The molecule has 0 spiro atoms. The molecule has 0 aliphatic rings. The first-order valence-corrected chi connectivity index (χ1v) is 7.84. The van der Waals surface area contributed by atoms with Crippen molar-refractivity contribution in [1.29, 1.82) is 0 Å². The monoisotopic (exact) mass is 314 g/mol. The lowest BCUT2D eigenvalue weighted by molar-refractivity contribution is 0.0695. The molecule has 0 aliphatic heterocycles. The highest BCUT2D eigenvalue weighted by atomic mass is 32.2. The summed E-state index contributed by atoms with van der Waals surface area (Å²) in [5.41, 5.74) is 7.69. The standard InChI is InChI=1S/C14H22N2O2S2/c1-4-20-12-7-5-6-11(13(12)14(15)19)16(2)8-10(17)9-18-3/h5-7,10,17H,4,8-9H2,1-3H3,(H2,15,19). The Morgan fingerprint density at radius 2 is 2.25 bits per heavy atom. The van der Waals surface area contributed by atoms with Crippen LogP contribution in [0.4, 0.5) is 5.69 Å². The summed E-state index contributed by atoms with van der Waals surface area (Å²) < 4.78 is 4.95. The molecule has 3 N–H and O–H groups in total. The van der Waals surface area contributed by atoms with Gasteiger partial charge in [0.15, 0.2) is 0 Å². The van der Waals surface area contributed by atoms with E-state index in [-0.39, 0.29) is 0 Å². The van der Waals surface area contributed by atoms with Gasteiger partial charge in [0, 0.05) is 36.8 Å². The van der Waals surface area contributed by atoms with Crippen molar-refractivity contribution in [3.8, 4) is 0 Å². The van der Waals surface area contributed by atoms with Crippen molar-refractivity contribution in [2.45, 2.75) is 17.9 Å². The van der Waals surface area contributed by atoms with E-state index in [4.69, 9.17) is 22.7 Å². The van der Waals surface area contributed by atoms with Gasteiger partial charge in [-0.1, -0.05) is 25.2 Å². The maximum absolute atomic E-state index is 9.85. The Kier molecular flexibility index (Phi) is 7.29. The van der Waals surface area contributed by atoms with Crippen LogP contribution in [-0.4, -0.2) is 49.3 Å². The van der Waals surface area contributed by atoms with Gasteiger partial charge in [0.25, 0.3) is 0 Å². The number of nitrogens with zero attached hydrogens (tertiary/aromatic N) is 1. The Morgan fingerprint density at radius 3 is 2.80 bits per heavy atom. The normalized spacial score (nSPS) is 12.2. The largest absolute Gasteiger partial charge is 0.389 e. The first-order valence-electron chi connectivity index (χ1n) is 6.45. The molecule has 1 aromatic rings. The van der Waals surface area contributed by atoms with Crippen LogP contribution < -0.4 is 10.6 Å². The Hall–Kier alpha value is -0.820. The number of ether oxygens (including phenoxy) is 1. The van der Waals surface area contributed by atoms with Crippen molar-refractivity contribution in [3.05, 3.63) is 23.8 Å². The van der Waals surface area contributed by atoms with E-state index in [0.29, 0.717) is 18.1 Å². The van der Waals surface area contributed by atoms with Crippen LogP contribution in [0.1, 0.15) is 12.5 Å². The number of thioether (sulfide) groups is 1. The molecule has 0 saturated carbocycles. The van der Waals surface area contributed by atoms with Crippen LogP contribution in [0.3, 0.4) is 0 Å². The Labute approximate surface area is 130 Å². The lowest BCUT2D eigenvalue weighted by Crippen LogP contribution is -2.33. The van der Waals surface area contributed by atoms with Crippen molar-refractivity contribution < 1.29 is 9.84 Å². The number of aliphatic hydroxyl groups is 1. The fourth-order valence-electron chi connectivity index (χ4n) is 2.02. The number of hydrogen-bond donors (Lipinski definition) is 2. The summed E-state index contributed by atoms with van der Waals surface area (Å²) in [6.45, 7) is 2.85. The maximum Gasteiger partial charge on any atom is 0.107 e. The van der Waals surface area contributed by atoms with Gasteiger partial charge in [-0.2, -0.15) is 0 Å². The zero-order valence-electron chi connectivity index (χ0n) is 12.1. The SMILES string of the molecule is CCSc1cccc(N(C)CC(O)COC)c1C(N)=S. The third kappa shape index (κ3) is 4.63. The second-order valence-corrected chi connectivity index (χ2v) is 6.18. The molecule has 1 atom stereocenters. The van der Waals surface area contributed by atoms with Gasteiger partial charge in [-0.05, 0) is 17.9 Å². The lowest BCUT2D eigenvalue weighted by Gasteiger charge is -2.25. The molecule has 4 nitrogen and oxygen atoms in total. The van der Waals surface area contributed by atoms with Gasteiger partial charge in [0.2, 0.25) is 0 Å². The van der Waals surface area contributed by atoms with Gasteiger partial charge in [0.1, 0.15) is 4.99 Å². The highest BCUT2D eigenvalue weighted by molar-refractivity contribution is 7.99. The topological polar surface area (TPSA) is 58.7 Å². The van der Waals surface area contributed by atoms with Gasteiger partial charge in [0.05, 0.1) is 12.7 Å². The van der Waals surface area contributed by atoms with Gasteiger partial charge in [-0.25, -0.2) is 0 Å². The van der Waals surface area contributed by atoms with E-state index in [1.54, 1.807) is 18.9 Å². The van der Waals surface area contributed by atoms with Crippen molar-refractivity contribution in [2.24, 2.45) is 5.73 Å². The third-order valence-corrected chi connectivity index (χ3v) is 3.95. The number of nitrogens with two attached hydrogens (primary N) is 1. The molecule has 0 fully saturated rings. The number of anilines is 1. The summed E-state index contributed by atoms with van der Waals surface area (Å²) in [5, 5.41) is 9.85. The molecular weight excluding hydrogens is 292 g/mol. The van der Waals surface area contributed by atoms with Crippen molar-refractivity contribution in [1.82, 2.24) is 0 Å². The van der Waals surface area contributed by atoms with Gasteiger partial charge >= 0.3 is 0 Å². The molecule has 0 aliphatic carbocycles. The smallest absolute Gasteiger partial charge is 0.107 e. The summed E-state index contributed by atoms with van der Waals surface area (Å²) in [5.74, 6) is 0.953. The van der Waals surface area contributed by atoms with E-state index >= 15 is 0 Å². The first-order chi connectivity index (χ1) is 9.51. The number of rotatable bonds is 8. The fraction of sp³-hybridized carbons (Fsp3) is 0.500. The number of methoxy groups -OCH3 is 1. The van der Waals surface area contributed by atoms with Gasteiger partial charge in [-0.3, -0.25) is 0 Å². The van der Waals surface area contributed by atoms with Crippen LogP contribution in [0.2, 0.25) is 0 Å². The van der Waals surface area contributed by atoms with E-state index in [2.05, 4.69) is 6.92 Å². The van der Waals surface area contributed by atoms with Crippen molar-refractivity contribution >= 4 is 34.7 Å². The van der Waals surface area contributed by atoms with E-state index in [9.17, 15) is 5.11 Å². The number of hydrogen-bond acceptors (Lipinski definition) is 5. The van der Waals surface area contributed by atoms with E-state index in [0.717, 1.165) is 21.9 Å². The minimum absolute atomic E-state index is 0.302. The average Bonchev–Trinajstić information content (AvgIpc) is 2.38. The Balaban J connectivity index is 3.03. The third-order valence-electron chi connectivity index (χ3n) is 2.81. The highest BCUT2D eigenvalue weighted by Gasteiger charge is 2.16. The second kappa shape index (κ2) is 8.46. The summed E-state index contributed by atoms with van der Waals surface area (Å²) >= 11 is 6.90. The minimum Gasteiger partial charge on any atom is -0.389 e. The molecule has 0 amide bonds. The van der Waals surface area contributed by atoms with Crippen LogP contribution in [0.25, 0.3) is 0 Å². The number of aliphatic hydroxyl groups excluding tert-OH is 1. The van der Waals surface area contributed by atoms with Gasteiger partial charge < -0.3 is 20.5 Å². The lowest BCUT2D eigenvalue weighted by atomic mass is 10.1. The molecule has 1 rings (SSSR count).